The first-order valence-corrected chi connectivity index (χ1v) is 14.4. The molecule has 3 amide bonds. The minimum Gasteiger partial charge on any atom is -0.372 e. The molecule has 4 aliphatic rings. The van der Waals surface area contributed by atoms with E-state index in [2.05, 4.69) is 65.3 Å². The third-order valence-corrected chi connectivity index (χ3v) is 9.20. The van der Waals surface area contributed by atoms with Gasteiger partial charge >= 0.3 is 6.03 Å². The molecule has 3 saturated heterocycles. The maximum atomic E-state index is 14.1. The SMILES string of the molecule is CCCCN1C(=O)N(C2Cc3ccccc3C2)C(=O)C12CCN(Cc1ccc(N3CCCC3)cc1)CC2. The van der Waals surface area contributed by atoms with Gasteiger partial charge in [0.25, 0.3) is 5.91 Å². The van der Waals surface area contributed by atoms with Crippen LogP contribution in [0.5, 0.6) is 0 Å². The molecule has 0 aromatic heterocycles. The summed E-state index contributed by atoms with van der Waals surface area (Å²) in [6.07, 6.45) is 7.55. The van der Waals surface area contributed by atoms with E-state index in [1.54, 1.807) is 4.90 Å². The van der Waals surface area contributed by atoms with Crippen LogP contribution in [0.3, 0.4) is 0 Å². The highest BCUT2D eigenvalue weighted by Crippen LogP contribution is 2.41. The summed E-state index contributed by atoms with van der Waals surface area (Å²) >= 11 is 0. The maximum absolute atomic E-state index is 14.1. The number of fused-ring (bicyclic) bond motifs is 1. The average Bonchev–Trinajstić information content (AvgIpc) is 3.64. The second-order valence-electron chi connectivity index (χ2n) is 11.5. The highest BCUT2D eigenvalue weighted by Gasteiger charge is 2.59. The quantitative estimate of drug-likeness (QED) is 0.510. The van der Waals surface area contributed by atoms with E-state index in [1.165, 1.54) is 48.3 Å². The van der Waals surface area contributed by atoms with E-state index in [0.717, 1.165) is 58.2 Å². The minimum atomic E-state index is -0.670. The average molecular weight is 501 g/mol. The molecule has 1 aliphatic carbocycles. The predicted octanol–water partition coefficient (Wildman–Crippen LogP) is 4.85. The van der Waals surface area contributed by atoms with Crippen LogP contribution < -0.4 is 4.90 Å². The number of hydrogen-bond donors (Lipinski definition) is 0. The summed E-state index contributed by atoms with van der Waals surface area (Å²) in [6, 6.07) is 17.3. The number of hydrogen-bond acceptors (Lipinski definition) is 4. The summed E-state index contributed by atoms with van der Waals surface area (Å²) in [7, 11) is 0. The zero-order valence-electron chi connectivity index (χ0n) is 22.2. The zero-order chi connectivity index (χ0) is 25.4. The molecule has 1 spiro atoms. The fraction of sp³-hybridized carbons (Fsp3) is 0.548. The third kappa shape index (κ3) is 4.43. The molecule has 6 nitrogen and oxygen atoms in total. The van der Waals surface area contributed by atoms with E-state index >= 15 is 0 Å². The minimum absolute atomic E-state index is 0.0481. The molecule has 0 radical (unpaired) electrons. The molecule has 37 heavy (non-hydrogen) atoms. The van der Waals surface area contributed by atoms with Crippen molar-refractivity contribution in [2.75, 3.05) is 37.6 Å². The normalized spacial score (nSPS) is 22.0. The Morgan fingerprint density at radius 3 is 2.14 bits per heavy atom. The van der Waals surface area contributed by atoms with E-state index < -0.39 is 5.54 Å². The molecule has 2 aromatic carbocycles. The van der Waals surface area contributed by atoms with Crippen molar-refractivity contribution in [3.05, 3.63) is 65.2 Å². The van der Waals surface area contributed by atoms with Crippen LogP contribution in [-0.2, 0) is 24.2 Å². The smallest absolute Gasteiger partial charge is 0.327 e. The van der Waals surface area contributed by atoms with Crippen molar-refractivity contribution < 1.29 is 9.59 Å². The number of unbranched alkanes of at least 4 members (excludes halogenated alkanes) is 1. The van der Waals surface area contributed by atoms with Crippen molar-refractivity contribution in [3.63, 3.8) is 0 Å². The number of rotatable bonds is 7. The van der Waals surface area contributed by atoms with Crippen molar-refractivity contribution in [1.82, 2.24) is 14.7 Å². The van der Waals surface area contributed by atoms with Gasteiger partial charge in [0, 0.05) is 51.0 Å². The molecule has 196 valence electrons. The highest BCUT2D eigenvalue weighted by atomic mass is 16.2. The highest BCUT2D eigenvalue weighted by molar-refractivity contribution is 6.07. The number of carbonyl (C=O) groups is 2. The van der Waals surface area contributed by atoms with Gasteiger partial charge in [-0.25, -0.2) is 4.79 Å². The van der Waals surface area contributed by atoms with Crippen LogP contribution in [0.15, 0.2) is 48.5 Å². The lowest BCUT2D eigenvalue weighted by Crippen LogP contribution is -2.56. The van der Waals surface area contributed by atoms with Crippen LogP contribution >= 0.6 is 0 Å². The monoisotopic (exact) mass is 500 g/mol. The molecule has 0 N–H and O–H groups in total. The van der Waals surface area contributed by atoms with Crippen LogP contribution in [0.2, 0.25) is 0 Å². The van der Waals surface area contributed by atoms with Gasteiger partial charge in [-0.3, -0.25) is 14.6 Å². The Morgan fingerprint density at radius 1 is 0.865 bits per heavy atom. The van der Waals surface area contributed by atoms with Gasteiger partial charge in [0.2, 0.25) is 0 Å². The summed E-state index contributed by atoms with van der Waals surface area (Å²) in [4.78, 5) is 36.4. The number of benzene rings is 2. The maximum Gasteiger partial charge on any atom is 0.327 e. The number of imide groups is 1. The number of carbonyl (C=O) groups excluding carboxylic acids is 2. The van der Waals surface area contributed by atoms with Crippen molar-refractivity contribution in [2.45, 2.75) is 76.4 Å². The Labute approximate surface area is 221 Å². The second-order valence-corrected chi connectivity index (χ2v) is 11.5. The topological polar surface area (TPSA) is 47.1 Å². The Morgan fingerprint density at radius 2 is 1.51 bits per heavy atom. The van der Waals surface area contributed by atoms with Crippen molar-refractivity contribution in [2.24, 2.45) is 0 Å². The van der Waals surface area contributed by atoms with Gasteiger partial charge in [0.1, 0.15) is 5.54 Å². The number of nitrogens with zero attached hydrogens (tertiary/aromatic N) is 4. The number of piperidine rings is 1. The van der Waals surface area contributed by atoms with E-state index in [1.807, 2.05) is 4.90 Å². The first-order valence-electron chi connectivity index (χ1n) is 14.4. The van der Waals surface area contributed by atoms with Gasteiger partial charge in [-0.05, 0) is 73.8 Å². The molecule has 0 unspecified atom stereocenters. The summed E-state index contributed by atoms with van der Waals surface area (Å²) in [5.41, 5.74) is 4.53. The molecule has 6 rings (SSSR count). The van der Waals surface area contributed by atoms with Crippen molar-refractivity contribution >= 4 is 17.6 Å². The van der Waals surface area contributed by atoms with E-state index in [-0.39, 0.29) is 18.0 Å². The standard InChI is InChI=1S/C31H40N4O2/c1-2-3-18-34-30(37)35(28-21-25-8-4-5-9-26(25)22-28)29(36)31(34)14-19-32(20-15-31)23-24-10-12-27(13-11-24)33-16-6-7-17-33/h4-5,8-13,28H,2-3,6-7,14-23H2,1H3. The van der Waals surface area contributed by atoms with Crippen LogP contribution in [0.1, 0.15) is 62.1 Å². The summed E-state index contributed by atoms with van der Waals surface area (Å²) in [5, 5.41) is 0. The summed E-state index contributed by atoms with van der Waals surface area (Å²) in [6.45, 7) is 7.74. The van der Waals surface area contributed by atoms with Crippen molar-refractivity contribution in [3.8, 4) is 0 Å². The van der Waals surface area contributed by atoms with E-state index in [4.69, 9.17) is 0 Å². The lowest BCUT2D eigenvalue weighted by Gasteiger charge is -2.42. The van der Waals surface area contributed by atoms with Gasteiger partial charge in [-0.1, -0.05) is 49.7 Å². The Hall–Kier alpha value is -2.86. The first-order chi connectivity index (χ1) is 18.1. The van der Waals surface area contributed by atoms with Gasteiger partial charge in [-0.2, -0.15) is 0 Å². The first kappa shape index (κ1) is 24.5. The number of anilines is 1. The predicted molar refractivity (Wildman–Crippen MR) is 147 cm³/mol. The Balaban J connectivity index is 1.14. The molecular formula is C31H40N4O2. The van der Waals surface area contributed by atoms with Gasteiger partial charge < -0.3 is 9.80 Å². The second kappa shape index (κ2) is 10.1. The van der Waals surface area contributed by atoms with Crippen molar-refractivity contribution in [1.29, 1.82) is 0 Å². The molecule has 3 aliphatic heterocycles. The fourth-order valence-corrected chi connectivity index (χ4v) is 7.02. The van der Waals surface area contributed by atoms with Crippen LogP contribution in [0.4, 0.5) is 10.5 Å². The molecular weight excluding hydrogens is 460 g/mol. The van der Waals surface area contributed by atoms with Gasteiger partial charge in [0.15, 0.2) is 0 Å². The van der Waals surface area contributed by atoms with Gasteiger partial charge in [-0.15, -0.1) is 0 Å². The molecule has 0 atom stereocenters. The zero-order valence-corrected chi connectivity index (χ0v) is 22.2. The van der Waals surface area contributed by atoms with E-state index in [0.29, 0.717) is 6.54 Å². The Kier molecular flexibility index (Phi) is 6.70. The molecule has 3 fully saturated rings. The molecule has 0 bridgehead atoms. The third-order valence-electron chi connectivity index (χ3n) is 9.20. The lowest BCUT2D eigenvalue weighted by atomic mass is 9.85. The Bertz CT molecular complexity index is 1110. The van der Waals surface area contributed by atoms with E-state index in [9.17, 15) is 9.59 Å². The molecule has 0 saturated carbocycles. The number of amides is 3. The fourth-order valence-electron chi connectivity index (χ4n) is 7.02. The number of urea groups is 1. The van der Waals surface area contributed by atoms with Gasteiger partial charge in [0.05, 0.1) is 0 Å². The summed E-state index contributed by atoms with van der Waals surface area (Å²) < 4.78 is 0. The summed E-state index contributed by atoms with van der Waals surface area (Å²) in [5.74, 6) is 0.0565. The van der Waals surface area contributed by atoms with Crippen LogP contribution in [-0.4, -0.2) is 70.9 Å². The number of likely N-dealkylation sites (tertiary alicyclic amines) is 1. The molecule has 3 heterocycles. The van der Waals surface area contributed by atoms with Crippen LogP contribution in [0.25, 0.3) is 0 Å². The molecule has 6 heteroatoms. The van der Waals surface area contributed by atoms with Crippen LogP contribution in [0, 0.1) is 0 Å². The lowest BCUT2D eigenvalue weighted by molar-refractivity contribution is -0.137. The largest absolute Gasteiger partial charge is 0.372 e. The molecule has 2 aromatic rings.